The second-order valence-electron chi connectivity index (χ2n) is 3.09. The first-order valence-corrected chi connectivity index (χ1v) is 4.05. The second kappa shape index (κ2) is 3.89. The van der Waals surface area contributed by atoms with Crippen LogP contribution >= 0.6 is 0 Å². The lowest BCUT2D eigenvalue weighted by atomic mass is 10.0. The van der Waals surface area contributed by atoms with E-state index in [0.717, 1.165) is 6.07 Å². The van der Waals surface area contributed by atoms with Crippen LogP contribution in [0.1, 0.15) is 18.5 Å². The van der Waals surface area contributed by atoms with E-state index in [1.54, 1.807) is 0 Å². The number of halogens is 2. The maximum Gasteiger partial charge on any atom is 0.165 e. The monoisotopic (exact) mass is 203 g/mol. The zero-order chi connectivity index (χ0) is 10.9. The summed E-state index contributed by atoms with van der Waals surface area (Å²) in [5, 5.41) is 17.9. The molecule has 0 heterocycles. The van der Waals surface area contributed by atoms with E-state index in [2.05, 4.69) is 0 Å². The Morgan fingerprint density at radius 3 is 2.36 bits per heavy atom. The van der Waals surface area contributed by atoms with Crippen LogP contribution in [0.2, 0.25) is 0 Å². The Morgan fingerprint density at radius 2 is 1.86 bits per heavy atom. The van der Waals surface area contributed by atoms with E-state index in [0.29, 0.717) is 6.07 Å². The van der Waals surface area contributed by atoms with Crippen LogP contribution in [-0.4, -0.2) is 16.3 Å². The van der Waals surface area contributed by atoms with Crippen molar-refractivity contribution in [3.05, 3.63) is 29.3 Å². The van der Waals surface area contributed by atoms with E-state index in [4.69, 9.17) is 15.9 Å². The number of aliphatic hydroxyl groups is 1. The van der Waals surface area contributed by atoms with Gasteiger partial charge in [0.2, 0.25) is 0 Å². The Balaban J connectivity index is 3.15. The molecule has 78 valence electrons. The standard InChI is InChI=1S/C9H11F2NO2/c1-4(13)9(12)5-2-7(11)8(14)3-6(5)10/h2-4,9,13-14H,12H2,1H3/t4?,9-/m0/s1. The van der Waals surface area contributed by atoms with Crippen molar-refractivity contribution in [2.45, 2.75) is 19.1 Å². The minimum atomic E-state index is -1.01. The lowest BCUT2D eigenvalue weighted by molar-refractivity contribution is 0.162. The molecule has 1 rings (SSSR count). The molecular formula is C9H11F2NO2. The molecule has 5 heteroatoms. The van der Waals surface area contributed by atoms with Gasteiger partial charge >= 0.3 is 0 Å². The molecule has 3 nitrogen and oxygen atoms in total. The fraction of sp³-hybridized carbons (Fsp3) is 0.333. The van der Waals surface area contributed by atoms with Gasteiger partial charge in [-0.2, -0.15) is 0 Å². The summed E-state index contributed by atoms with van der Waals surface area (Å²) in [6.45, 7) is 1.37. The molecule has 0 aromatic heterocycles. The Kier molecular flexibility index (Phi) is 3.03. The van der Waals surface area contributed by atoms with Gasteiger partial charge in [-0.05, 0) is 13.0 Å². The van der Waals surface area contributed by atoms with Crippen LogP contribution in [0, 0.1) is 11.6 Å². The molecule has 0 amide bonds. The van der Waals surface area contributed by atoms with Gasteiger partial charge in [0.05, 0.1) is 12.1 Å². The van der Waals surface area contributed by atoms with E-state index in [9.17, 15) is 8.78 Å². The van der Waals surface area contributed by atoms with Crippen LogP contribution in [0.25, 0.3) is 0 Å². The normalized spacial score (nSPS) is 15.2. The van der Waals surface area contributed by atoms with E-state index < -0.39 is 29.5 Å². The van der Waals surface area contributed by atoms with E-state index >= 15 is 0 Å². The molecule has 0 aliphatic carbocycles. The zero-order valence-corrected chi connectivity index (χ0v) is 7.54. The number of phenolic OH excluding ortho intramolecular Hbond substituents is 1. The third-order valence-corrected chi connectivity index (χ3v) is 1.94. The number of phenols is 1. The van der Waals surface area contributed by atoms with Crippen LogP contribution < -0.4 is 5.73 Å². The SMILES string of the molecule is CC(O)[C@H](N)c1cc(F)c(O)cc1F. The van der Waals surface area contributed by atoms with Crippen molar-refractivity contribution in [3.63, 3.8) is 0 Å². The van der Waals surface area contributed by atoms with Crippen molar-refractivity contribution in [2.24, 2.45) is 5.73 Å². The molecule has 0 bridgehead atoms. The first-order chi connectivity index (χ1) is 6.43. The van der Waals surface area contributed by atoms with Gasteiger partial charge in [-0.25, -0.2) is 8.78 Å². The first kappa shape index (κ1) is 10.9. The summed E-state index contributed by atoms with van der Waals surface area (Å²) in [4.78, 5) is 0. The van der Waals surface area contributed by atoms with E-state index in [-0.39, 0.29) is 5.56 Å². The number of aromatic hydroxyl groups is 1. The third-order valence-electron chi connectivity index (χ3n) is 1.94. The molecule has 0 fully saturated rings. The molecule has 0 saturated heterocycles. The van der Waals surface area contributed by atoms with Crippen molar-refractivity contribution in [1.29, 1.82) is 0 Å². The Morgan fingerprint density at radius 1 is 1.29 bits per heavy atom. The lowest BCUT2D eigenvalue weighted by Gasteiger charge is -2.16. The molecule has 14 heavy (non-hydrogen) atoms. The molecule has 0 radical (unpaired) electrons. The van der Waals surface area contributed by atoms with Gasteiger partial charge in [0.25, 0.3) is 0 Å². The number of hydrogen-bond donors (Lipinski definition) is 3. The average molecular weight is 203 g/mol. The summed E-state index contributed by atoms with van der Waals surface area (Å²) in [5.74, 6) is -2.57. The Bertz CT molecular complexity index is 342. The van der Waals surface area contributed by atoms with Gasteiger partial charge in [-0.3, -0.25) is 0 Å². The topological polar surface area (TPSA) is 66.5 Å². The largest absolute Gasteiger partial charge is 0.505 e. The predicted molar refractivity (Wildman–Crippen MR) is 46.6 cm³/mol. The summed E-state index contributed by atoms with van der Waals surface area (Å²) >= 11 is 0. The summed E-state index contributed by atoms with van der Waals surface area (Å²) in [5.41, 5.74) is 5.26. The number of benzene rings is 1. The Labute approximate surface area is 79.8 Å². The molecular weight excluding hydrogens is 192 g/mol. The van der Waals surface area contributed by atoms with Gasteiger partial charge in [0.15, 0.2) is 11.6 Å². The van der Waals surface area contributed by atoms with Crippen LogP contribution in [0.5, 0.6) is 5.75 Å². The van der Waals surface area contributed by atoms with Gasteiger partial charge in [-0.1, -0.05) is 0 Å². The van der Waals surface area contributed by atoms with Gasteiger partial charge < -0.3 is 15.9 Å². The predicted octanol–water partition coefficient (Wildman–Crippen LogP) is 1.05. The fourth-order valence-electron chi connectivity index (χ4n) is 1.07. The van der Waals surface area contributed by atoms with Crippen molar-refractivity contribution in [1.82, 2.24) is 0 Å². The maximum atomic E-state index is 13.1. The molecule has 0 saturated carbocycles. The molecule has 0 aliphatic heterocycles. The average Bonchev–Trinajstić information content (AvgIpc) is 2.10. The number of aliphatic hydroxyl groups excluding tert-OH is 1. The Hall–Kier alpha value is -1.20. The minimum absolute atomic E-state index is 0.157. The molecule has 1 aromatic rings. The van der Waals surface area contributed by atoms with E-state index in [1.807, 2.05) is 0 Å². The number of hydrogen-bond acceptors (Lipinski definition) is 3. The van der Waals surface area contributed by atoms with Gasteiger partial charge in [0.1, 0.15) is 5.82 Å². The summed E-state index contributed by atoms with van der Waals surface area (Å²) in [6.07, 6.45) is -0.992. The van der Waals surface area contributed by atoms with Crippen LogP contribution in [0.15, 0.2) is 12.1 Å². The highest BCUT2D eigenvalue weighted by molar-refractivity contribution is 5.31. The van der Waals surface area contributed by atoms with Crippen molar-refractivity contribution < 1.29 is 19.0 Å². The minimum Gasteiger partial charge on any atom is -0.505 e. The zero-order valence-electron chi connectivity index (χ0n) is 7.54. The first-order valence-electron chi connectivity index (χ1n) is 4.05. The molecule has 0 spiro atoms. The van der Waals surface area contributed by atoms with Crippen molar-refractivity contribution >= 4 is 0 Å². The van der Waals surface area contributed by atoms with Crippen LogP contribution in [-0.2, 0) is 0 Å². The fourth-order valence-corrected chi connectivity index (χ4v) is 1.07. The molecule has 1 unspecified atom stereocenters. The highest BCUT2D eigenvalue weighted by Crippen LogP contribution is 2.24. The molecule has 2 atom stereocenters. The molecule has 0 aliphatic rings. The smallest absolute Gasteiger partial charge is 0.165 e. The maximum absolute atomic E-state index is 13.1. The van der Waals surface area contributed by atoms with Crippen molar-refractivity contribution in [2.75, 3.05) is 0 Å². The second-order valence-corrected chi connectivity index (χ2v) is 3.09. The molecule has 1 aromatic carbocycles. The third kappa shape index (κ3) is 2.00. The molecule has 4 N–H and O–H groups in total. The number of rotatable bonds is 2. The van der Waals surface area contributed by atoms with Gasteiger partial charge in [-0.15, -0.1) is 0 Å². The van der Waals surface area contributed by atoms with Crippen molar-refractivity contribution in [3.8, 4) is 5.75 Å². The summed E-state index contributed by atoms with van der Waals surface area (Å²) in [6, 6.07) is 0.402. The van der Waals surface area contributed by atoms with Crippen LogP contribution in [0.4, 0.5) is 8.78 Å². The summed E-state index contributed by atoms with van der Waals surface area (Å²) < 4.78 is 26.0. The van der Waals surface area contributed by atoms with Crippen LogP contribution in [0.3, 0.4) is 0 Å². The highest BCUT2D eigenvalue weighted by atomic mass is 19.1. The quantitative estimate of drug-likeness (QED) is 0.673. The number of nitrogens with two attached hydrogens (primary N) is 1. The highest BCUT2D eigenvalue weighted by Gasteiger charge is 2.18. The lowest BCUT2D eigenvalue weighted by Crippen LogP contribution is -2.24. The van der Waals surface area contributed by atoms with E-state index in [1.165, 1.54) is 6.92 Å². The summed E-state index contributed by atoms with van der Waals surface area (Å²) in [7, 11) is 0. The van der Waals surface area contributed by atoms with Gasteiger partial charge in [0, 0.05) is 11.6 Å².